The molecular formula is C13H7ClF3NO. The van der Waals surface area contributed by atoms with Crippen molar-refractivity contribution in [3.63, 3.8) is 0 Å². The van der Waals surface area contributed by atoms with Crippen LogP contribution in [0.1, 0.15) is 15.9 Å². The molecule has 1 aromatic carbocycles. The lowest BCUT2D eigenvalue weighted by Gasteiger charge is -2.12. The summed E-state index contributed by atoms with van der Waals surface area (Å²) in [5.41, 5.74) is -0.737. The number of alkyl halides is 3. The second kappa shape index (κ2) is 5.01. The van der Waals surface area contributed by atoms with E-state index in [1.165, 1.54) is 24.3 Å². The van der Waals surface area contributed by atoms with Crippen molar-refractivity contribution in [2.45, 2.75) is 6.18 Å². The number of hydrogen-bond donors (Lipinski definition) is 0. The predicted molar refractivity (Wildman–Crippen MR) is 65.1 cm³/mol. The molecule has 0 radical (unpaired) electrons. The summed E-state index contributed by atoms with van der Waals surface area (Å²) in [4.78, 5) is 14.6. The van der Waals surface area contributed by atoms with Crippen LogP contribution in [0.3, 0.4) is 0 Å². The van der Waals surface area contributed by atoms with Gasteiger partial charge in [0, 0.05) is 17.3 Å². The number of pyridine rings is 1. The van der Waals surface area contributed by atoms with E-state index in [2.05, 4.69) is 4.98 Å². The Balaban J connectivity index is 2.63. The predicted octanol–water partition coefficient (Wildman–Crippen LogP) is 4.23. The van der Waals surface area contributed by atoms with E-state index in [4.69, 9.17) is 11.6 Å². The summed E-state index contributed by atoms with van der Waals surface area (Å²) >= 11 is 5.70. The molecule has 6 heteroatoms. The van der Waals surface area contributed by atoms with Gasteiger partial charge >= 0.3 is 6.18 Å². The molecule has 0 aliphatic heterocycles. The molecule has 2 aromatic rings. The number of aromatic nitrogens is 1. The minimum absolute atomic E-state index is 0.0550. The molecule has 0 spiro atoms. The first-order valence-electron chi connectivity index (χ1n) is 5.21. The third-order valence-electron chi connectivity index (χ3n) is 2.52. The molecule has 0 fully saturated rings. The second-order valence-electron chi connectivity index (χ2n) is 3.75. The quantitative estimate of drug-likeness (QED) is 0.773. The van der Waals surface area contributed by atoms with Gasteiger partial charge in [-0.15, -0.1) is 0 Å². The minimum atomic E-state index is -4.49. The smallest absolute Gasteiger partial charge is 0.298 e. The maximum atomic E-state index is 12.9. The Hall–Kier alpha value is -1.88. The fraction of sp³-hybridized carbons (Fsp3) is 0.0769. The van der Waals surface area contributed by atoms with Crippen molar-refractivity contribution in [2.24, 2.45) is 0 Å². The standard InChI is InChI=1S/C13H7ClF3NO/c14-11-6-18-12(5-8(11)7-19)9-3-1-2-4-10(9)13(15,16)17/h1-7H. The highest BCUT2D eigenvalue weighted by atomic mass is 35.5. The zero-order valence-electron chi connectivity index (χ0n) is 9.41. The Bertz CT molecular complexity index is 626. The van der Waals surface area contributed by atoms with E-state index < -0.39 is 11.7 Å². The molecule has 2 rings (SSSR count). The molecule has 0 amide bonds. The van der Waals surface area contributed by atoms with Gasteiger partial charge in [0.2, 0.25) is 0 Å². The van der Waals surface area contributed by atoms with Crippen LogP contribution < -0.4 is 0 Å². The van der Waals surface area contributed by atoms with Gasteiger partial charge in [0.05, 0.1) is 16.3 Å². The topological polar surface area (TPSA) is 30.0 Å². The normalized spacial score (nSPS) is 11.4. The molecule has 19 heavy (non-hydrogen) atoms. The van der Waals surface area contributed by atoms with E-state index >= 15 is 0 Å². The molecule has 1 aromatic heterocycles. The van der Waals surface area contributed by atoms with E-state index in [9.17, 15) is 18.0 Å². The average molecular weight is 286 g/mol. The van der Waals surface area contributed by atoms with Crippen LogP contribution in [-0.4, -0.2) is 11.3 Å². The zero-order chi connectivity index (χ0) is 14.0. The summed E-state index contributed by atoms with van der Waals surface area (Å²) in [6.07, 6.45) is -2.85. The molecule has 1 heterocycles. The van der Waals surface area contributed by atoms with Gasteiger partial charge in [0.1, 0.15) is 0 Å². The SMILES string of the molecule is O=Cc1cc(-c2ccccc2C(F)(F)F)ncc1Cl. The average Bonchev–Trinajstić information content (AvgIpc) is 2.38. The Morgan fingerprint density at radius 2 is 1.89 bits per heavy atom. The molecule has 0 N–H and O–H groups in total. The lowest BCUT2D eigenvalue weighted by Crippen LogP contribution is -2.07. The van der Waals surface area contributed by atoms with E-state index in [1.807, 2.05) is 0 Å². The van der Waals surface area contributed by atoms with Gasteiger partial charge in [-0.2, -0.15) is 13.2 Å². The van der Waals surface area contributed by atoms with Crippen LogP contribution in [0.25, 0.3) is 11.3 Å². The maximum absolute atomic E-state index is 12.9. The number of carbonyl (C=O) groups is 1. The van der Waals surface area contributed by atoms with Crippen LogP contribution in [-0.2, 0) is 6.18 Å². The summed E-state index contributed by atoms with van der Waals surface area (Å²) in [5, 5.41) is 0.100. The zero-order valence-corrected chi connectivity index (χ0v) is 10.2. The third-order valence-corrected chi connectivity index (χ3v) is 2.84. The summed E-state index contributed by atoms with van der Waals surface area (Å²) in [5.74, 6) is 0. The first-order chi connectivity index (χ1) is 8.93. The van der Waals surface area contributed by atoms with Gasteiger partial charge in [-0.25, -0.2) is 0 Å². The molecular weight excluding hydrogens is 279 g/mol. The van der Waals surface area contributed by atoms with E-state index in [-0.39, 0.29) is 21.8 Å². The Labute approximate surface area is 111 Å². The van der Waals surface area contributed by atoms with Gasteiger partial charge in [-0.05, 0) is 12.1 Å². The fourth-order valence-corrected chi connectivity index (χ4v) is 1.79. The van der Waals surface area contributed by atoms with Crippen LogP contribution in [0.4, 0.5) is 13.2 Å². The Morgan fingerprint density at radius 3 is 2.53 bits per heavy atom. The highest BCUT2D eigenvalue weighted by molar-refractivity contribution is 6.32. The van der Waals surface area contributed by atoms with E-state index in [1.54, 1.807) is 0 Å². The molecule has 0 unspecified atom stereocenters. The Kier molecular flexibility index (Phi) is 3.57. The number of hydrogen-bond acceptors (Lipinski definition) is 2. The summed E-state index contributed by atoms with van der Waals surface area (Å²) in [6.45, 7) is 0. The van der Waals surface area contributed by atoms with Gasteiger partial charge < -0.3 is 0 Å². The molecule has 0 aliphatic carbocycles. The van der Waals surface area contributed by atoms with Crippen molar-refractivity contribution in [3.05, 3.63) is 52.7 Å². The van der Waals surface area contributed by atoms with Crippen LogP contribution in [0.5, 0.6) is 0 Å². The largest absolute Gasteiger partial charge is 0.417 e. The summed E-state index contributed by atoms with van der Waals surface area (Å²) < 4.78 is 38.6. The molecule has 0 saturated heterocycles. The molecule has 0 atom stereocenters. The summed E-state index contributed by atoms with van der Waals surface area (Å²) in [6, 6.07) is 6.27. The Morgan fingerprint density at radius 1 is 1.21 bits per heavy atom. The number of rotatable bonds is 2. The minimum Gasteiger partial charge on any atom is -0.298 e. The van der Waals surface area contributed by atoms with Gasteiger partial charge in [-0.3, -0.25) is 9.78 Å². The second-order valence-corrected chi connectivity index (χ2v) is 4.16. The van der Waals surface area contributed by atoms with Crippen molar-refractivity contribution < 1.29 is 18.0 Å². The number of aldehydes is 1. The van der Waals surface area contributed by atoms with Crippen molar-refractivity contribution in [2.75, 3.05) is 0 Å². The van der Waals surface area contributed by atoms with Gasteiger partial charge in [0.25, 0.3) is 0 Å². The van der Waals surface area contributed by atoms with Gasteiger partial charge in [0.15, 0.2) is 6.29 Å². The number of nitrogens with zero attached hydrogens (tertiary/aromatic N) is 1. The van der Waals surface area contributed by atoms with Crippen molar-refractivity contribution in [1.82, 2.24) is 4.98 Å². The van der Waals surface area contributed by atoms with E-state index in [0.717, 1.165) is 12.3 Å². The lowest BCUT2D eigenvalue weighted by molar-refractivity contribution is -0.137. The van der Waals surface area contributed by atoms with Crippen LogP contribution >= 0.6 is 11.6 Å². The fourth-order valence-electron chi connectivity index (χ4n) is 1.65. The molecule has 0 aliphatic rings. The van der Waals surface area contributed by atoms with Crippen LogP contribution in [0, 0.1) is 0 Å². The molecule has 0 saturated carbocycles. The number of benzene rings is 1. The van der Waals surface area contributed by atoms with Crippen molar-refractivity contribution >= 4 is 17.9 Å². The number of carbonyl (C=O) groups excluding carboxylic acids is 1. The third kappa shape index (κ3) is 2.76. The highest BCUT2D eigenvalue weighted by Gasteiger charge is 2.33. The first kappa shape index (κ1) is 13.5. The van der Waals surface area contributed by atoms with Gasteiger partial charge in [-0.1, -0.05) is 29.8 Å². The van der Waals surface area contributed by atoms with Crippen LogP contribution in [0.15, 0.2) is 36.5 Å². The van der Waals surface area contributed by atoms with Crippen molar-refractivity contribution in [1.29, 1.82) is 0 Å². The molecule has 2 nitrogen and oxygen atoms in total. The lowest BCUT2D eigenvalue weighted by atomic mass is 10.0. The van der Waals surface area contributed by atoms with Crippen molar-refractivity contribution in [3.8, 4) is 11.3 Å². The molecule has 0 bridgehead atoms. The maximum Gasteiger partial charge on any atom is 0.417 e. The monoisotopic (exact) mass is 285 g/mol. The summed E-state index contributed by atoms with van der Waals surface area (Å²) in [7, 11) is 0. The first-order valence-corrected chi connectivity index (χ1v) is 5.58. The molecule has 98 valence electrons. The van der Waals surface area contributed by atoms with E-state index in [0.29, 0.717) is 6.29 Å². The number of halogens is 4. The van der Waals surface area contributed by atoms with Crippen LogP contribution in [0.2, 0.25) is 5.02 Å². The highest BCUT2D eigenvalue weighted by Crippen LogP contribution is 2.36.